The van der Waals surface area contributed by atoms with Gasteiger partial charge in [-0.1, -0.05) is 0 Å². The highest BCUT2D eigenvalue weighted by Gasteiger charge is 2.34. The molecule has 2 aromatic rings. The lowest BCUT2D eigenvalue weighted by atomic mass is 10.3. The molecule has 1 fully saturated rings. The van der Waals surface area contributed by atoms with Gasteiger partial charge in [-0.3, -0.25) is 9.80 Å². The maximum Gasteiger partial charge on any atom is 0.304 e. The zero-order chi connectivity index (χ0) is 15.3. The smallest absolute Gasteiger partial charge is 0.304 e. The van der Waals surface area contributed by atoms with E-state index >= 15 is 0 Å². The van der Waals surface area contributed by atoms with E-state index in [1.54, 1.807) is 11.2 Å². The van der Waals surface area contributed by atoms with Crippen molar-refractivity contribution in [2.45, 2.75) is 19.6 Å². The van der Waals surface area contributed by atoms with Crippen LogP contribution < -0.4 is 0 Å². The number of hydrogen-bond donors (Lipinski definition) is 0. The second kappa shape index (κ2) is 5.15. The molecule has 2 aromatic heterocycles. The number of morpholine rings is 1. The average Bonchev–Trinajstić information content (AvgIpc) is 2.87. The molecule has 0 spiro atoms. The zero-order valence-electron chi connectivity index (χ0n) is 12.1. The van der Waals surface area contributed by atoms with Crippen molar-refractivity contribution in [3.63, 3.8) is 0 Å². The summed E-state index contributed by atoms with van der Waals surface area (Å²) >= 11 is 5.84. The van der Waals surface area contributed by atoms with Gasteiger partial charge in [-0.15, -0.1) is 0 Å². The molecule has 0 saturated carbocycles. The zero-order valence-corrected chi connectivity index (χ0v) is 12.8. The lowest BCUT2D eigenvalue weighted by Gasteiger charge is -2.40. The third-order valence-corrected chi connectivity index (χ3v) is 4.16. The Bertz CT molecular complexity index is 747. The highest BCUT2D eigenvalue weighted by molar-refractivity contribution is 6.28. The van der Waals surface area contributed by atoms with Crippen molar-refractivity contribution in [1.82, 2.24) is 29.5 Å². The molecule has 22 heavy (non-hydrogen) atoms. The molecular formula is C13H15ClN6O2. The predicted octanol–water partition coefficient (Wildman–Crippen LogP) is 0.571. The highest BCUT2D eigenvalue weighted by Crippen LogP contribution is 2.22. The van der Waals surface area contributed by atoms with E-state index in [0.717, 1.165) is 0 Å². The summed E-state index contributed by atoms with van der Waals surface area (Å²) < 4.78 is 7.34. The number of carbonyl (C=O) groups is 1. The van der Waals surface area contributed by atoms with Crippen LogP contribution in [0.15, 0.2) is 6.20 Å². The molecule has 0 N–H and O–H groups in total. The van der Waals surface area contributed by atoms with Gasteiger partial charge in [0.05, 0.1) is 25.5 Å². The fourth-order valence-corrected chi connectivity index (χ4v) is 3.10. The Morgan fingerprint density at radius 2 is 2.18 bits per heavy atom. The van der Waals surface area contributed by atoms with E-state index in [4.69, 9.17) is 16.3 Å². The van der Waals surface area contributed by atoms with Crippen molar-refractivity contribution in [3.8, 4) is 0 Å². The van der Waals surface area contributed by atoms with E-state index in [1.807, 2.05) is 16.5 Å². The predicted molar refractivity (Wildman–Crippen MR) is 78.4 cm³/mol. The van der Waals surface area contributed by atoms with Crippen LogP contribution in [0.25, 0.3) is 11.2 Å². The van der Waals surface area contributed by atoms with Crippen LogP contribution in [-0.4, -0.2) is 67.8 Å². The second-order valence-corrected chi connectivity index (χ2v) is 5.80. The van der Waals surface area contributed by atoms with Gasteiger partial charge in [0.1, 0.15) is 5.52 Å². The van der Waals surface area contributed by atoms with Crippen molar-refractivity contribution in [3.05, 3.63) is 17.3 Å². The Morgan fingerprint density at radius 1 is 1.32 bits per heavy atom. The highest BCUT2D eigenvalue weighted by atomic mass is 35.5. The van der Waals surface area contributed by atoms with Gasteiger partial charge >= 0.3 is 5.91 Å². The van der Waals surface area contributed by atoms with Crippen LogP contribution in [0.3, 0.4) is 0 Å². The average molecular weight is 323 g/mol. The number of fused-ring (bicyclic) bond motifs is 3. The van der Waals surface area contributed by atoms with E-state index in [-0.39, 0.29) is 17.3 Å². The summed E-state index contributed by atoms with van der Waals surface area (Å²) in [5, 5.41) is 3.96. The quantitative estimate of drug-likeness (QED) is 0.715. The molecule has 0 aromatic carbocycles. The minimum atomic E-state index is -0.116. The van der Waals surface area contributed by atoms with Gasteiger partial charge in [0, 0.05) is 19.6 Å². The Balaban J connectivity index is 1.69. The molecule has 4 heterocycles. The molecule has 9 heteroatoms. The lowest BCUT2D eigenvalue weighted by Crippen LogP contribution is -2.56. The summed E-state index contributed by atoms with van der Waals surface area (Å²) in [6.45, 7) is 5.28. The van der Waals surface area contributed by atoms with E-state index in [2.05, 4.69) is 15.0 Å². The van der Waals surface area contributed by atoms with Crippen molar-refractivity contribution in [1.29, 1.82) is 0 Å². The standard InChI is InChI=1S/C13H15ClN6O2/c1-8-7-18(4-5-22-8)20-3-2-19-10-9(6-15-13(14)17-10)16-11(19)12(20)21/h6,8H,2-5,7H2,1H3. The Kier molecular flexibility index (Phi) is 3.24. The first-order valence-corrected chi connectivity index (χ1v) is 7.58. The van der Waals surface area contributed by atoms with Gasteiger partial charge < -0.3 is 9.30 Å². The maximum absolute atomic E-state index is 12.8. The minimum absolute atomic E-state index is 0.116. The third-order valence-electron chi connectivity index (χ3n) is 3.98. The SMILES string of the molecule is CC1CN(N2CCn3c(nc4cnc(Cl)nc43)C2=O)CCO1. The van der Waals surface area contributed by atoms with Crippen LogP contribution >= 0.6 is 11.6 Å². The summed E-state index contributed by atoms with van der Waals surface area (Å²) in [6.07, 6.45) is 1.66. The maximum atomic E-state index is 12.8. The van der Waals surface area contributed by atoms with Gasteiger partial charge in [-0.25, -0.2) is 15.0 Å². The molecular weight excluding hydrogens is 308 g/mol. The van der Waals surface area contributed by atoms with Crippen molar-refractivity contribution in [2.75, 3.05) is 26.2 Å². The first-order chi connectivity index (χ1) is 10.6. The molecule has 116 valence electrons. The number of nitrogens with zero attached hydrogens (tertiary/aromatic N) is 6. The van der Waals surface area contributed by atoms with Crippen LogP contribution in [0.5, 0.6) is 0 Å². The molecule has 1 saturated heterocycles. The molecule has 1 amide bonds. The summed E-state index contributed by atoms with van der Waals surface area (Å²) in [6, 6.07) is 0. The number of imidazole rings is 1. The molecule has 0 bridgehead atoms. The summed E-state index contributed by atoms with van der Waals surface area (Å²) in [4.78, 5) is 25.2. The largest absolute Gasteiger partial charge is 0.376 e. The number of hydrazine groups is 1. The number of hydrogen-bond acceptors (Lipinski definition) is 6. The summed E-state index contributed by atoms with van der Waals surface area (Å²) in [5.74, 6) is 0.270. The fraction of sp³-hybridized carbons (Fsp3) is 0.538. The lowest BCUT2D eigenvalue weighted by molar-refractivity contribution is -0.102. The van der Waals surface area contributed by atoms with Crippen molar-refractivity contribution < 1.29 is 9.53 Å². The minimum Gasteiger partial charge on any atom is -0.376 e. The van der Waals surface area contributed by atoms with Gasteiger partial charge in [0.2, 0.25) is 11.1 Å². The van der Waals surface area contributed by atoms with Gasteiger partial charge in [0.15, 0.2) is 5.65 Å². The van der Waals surface area contributed by atoms with Crippen molar-refractivity contribution in [2.24, 2.45) is 0 Å². The molecule has 0 aliphatic carbocycles. The van der Waals surface area contributed by atoms with Crippen LogP contribution in [0.1, 0.15) is 17.5 Å². The number of rotatable bonds is 1. The Labute approximate surface area is 131 Å². The molecule has 4 rings (SSSR count). The fourth-order valence-electron chi connectivity index (χ4n) is 2.97. The van der Waals surface area contributed by atoms with E-state index in [1.165, 1.54) is 0 Å². The van der Waals surface area contributed by atoms with Gasteiger partial charge in [-0.2, -0.15) is 4.98 Å². The number of halogens is 1. The Morgan fingerprint density at radius 3 is 3.00 bits per heavy atom. The normalized spacial score (nSPS) is 23.1. The third kappa shape index (κ3) is 2.15. The van der Waals surface area contributed by atoms with Crippen LogP contribution in [0.4, 0.5) is 0 Å². The summed E-state index contributed by atoms with van der Waals surface area (Å²) in [7, 11) is 0. The van der Waals surface area contributed by atoms with Crippen LogP contribution in [-0.2, 0) is 11.3 Å². The number of ether oxygens (including phenoxy) is 1. The molecule has 2 aliphatic heterocycles. The molecule has 2 aliphatic rings. The monoisotopic (exact) mass is 322 g/mol. The molecule has 1 unspecified atom stereocenters. The van der Waals surface area contributed by atoms with Crippen LogP contribution in [0.2, 0.25) is 5.28 Å². The second-order valence-electron chi connectivity index (χ2n) is 5.46. The van der Waals surface area contributed by atoms with Gasteiger partial charge in [0.25, 0.3) is 0 Å². The van der Waals surface area contributed by atoms with E-state index < -0.39 is 0 Å². The Hall–Kier alpha value is -1.77. The summed E-state index contributed by atoms with van der Waals surface area (Å²) in [5.41, 5.74) is 1.20. The van der Waals surface area contributed by atoms with Gasteiger partial charge in [-0.05, 0) is 18.5 Å². The topological polar surface area (TPSA) is 76.4 Å². The molecule has 1 atom stereocenters. The first kappa shape index (κ1) is 13.9. The number of aromatic nitrogens is 4. The van der Waals surface area contributed by atoms with E-state index in [0.29, 0.717) is 49.8 Å². The van der Waals surface area contributed by atoms with Crippen LogP contribution in [0, 0.1) is 0 Å². The van der Waals surface area contributed by atoms with E-state index in [9.17, 15) is 4.79 Å². The van der Waals surface area contributed by atoms with Crippen molar-refractivity contribution >= 4 is 28.7 Å². The number of carbonyl (C=O) groups excluding carboxylic acids is 1. The number of amides is 1. The molecule has 8 nitrogen and oxygen atoms in total. The molecule has 0 radical (unpaired) electrons. The first-order valence-electron chi connectivity index (χ1n) is 7.20.